The normalized spacial score (nSPS) is 14.1. The third-order valence-corrected chi connectivity index (χ3v) is 8.26. The Balaban J connectivity index is 1.51. The lowest BCUT2D eigenvalue weighted by atomic mass is 10.1. The highest BCUT2D eigenvalue weighted by molar-refractivity contribution is 7.92. The first-order chi connectivity index (χ1) is 17.2. The van der Waals surface area contributed by atoms with Gasteiger partial charge in [-0.15, -0.1) is 0 Å². The molecule has 0 aliphatic carbocycles. The van der Waals surface area contributed by atoms with Crippen LogP contribution in [0.15, 0.2) is 71.6 Å². The number of aryl methyl sites for hydroxylation is 3. The number of sulfonamides is 1. The van der Waals surface area contributed by atoms with E-state index in [9.17, 15) is 13.2 Å². The van der Waals surface area contributed by atoms with Crippen molar-refractivity contribution >= 4 is 21.6 Å². The Labute approximate surface area is 215 Å². The molecule has 0 spiro atoms. The molecule has 1 heterocycles. The van der Waals surface area contributed by atoms with Gasteiger partial charge in [0, 0.05) is 13.1 Å². The Morgan fingerprint density at radius 3 is 2.17 bits per heavy atom. The van der Waals surface area contributed by atoms with Crippen LogP contribution in [0.3, 0.4) is 0 Å². The summed E-state index contributed by atoms with van der Waals surface area (Å²) in [6.07, 6.45) is 2.50. The molecule has 7 heteroatoms. The van der Waals surface area contributed by atoms with E-state index in [1.807, 2.05) is 39.0 Å². The average molecular weight is 506 g/mol. The summed E-state index contributed by atoms with van der Waals surface area (Å²) in [5.41, 5.74) is 5.54. The number of hydrogen-bond donors (Lipinski definition) is 1. The summed E-state index contributed by atoms with van der Waals surface area (Å²) in [5, 5.41) is 2.92. The second-order valence-electron chi connectivity index (χ2n) is 9.75. The molecule has 4 rings (SSSR count). The summed E-state index contributed by atoms with van der Waals surface area (Å²) in [6.45, 7) is 8.97. The summed E-state index contributed by atoms with van der Waals surface area (Å²) in [5.74, 6) is -0.352. The van der Waals surface area contributed by atoms with Crippen LogP contribution >= 0.6 is 0 Å². The zero-order valence-corrected chi connectivity index (χ0v) is 22.1. The molecule has 0 saturated carbocycles. The van der Waals surface area contributed by atoms with Gasteiger partial charge in [0.2, 0.25) is 5.91 Å². The number of nitrogens with zero attached hydrogens (tertiary/aromatic N) is 2. The van der Waals surface area contributed by atoms with Crippen LogP contribution in [0.5, 0.6) is 0 Å². The van der Waals surface area contributed by atoms with E-state index in [1.165, 1.54) is 22.7 Å². The highest BCUT2D eigenvalue weighted by Gasteiger charge is 2.27. The van der Waals surface area contributed by atoms with Crippen molar-refractivity contribution in [2.24, 2.45) is 0 Å². The number of carbonyl (C=O) groups is 1. The minimum atomic E-state index is -3.94. The average Bonchev–Trinajstić information content (AvgIpc) is 3.34. The fourth-order valence-corrected chi connectivity index (χ4v) is 6.08. The smallest absolute Gasteiger partial charge is 0.264 e. The number of likely N-dealkylation sites (tertiary alicyclic amines) is 1. The van der Waals surface area contributed by atoms with Crippen LogP contribution in [0.4, 0.5) is 5.69 Å². The van der Waals surface area contributed by atoms with Gasteiger partial charge >= 0.3 is 0 Å². The standard InChI is InChI=1S/C29H35N3O3S/c1-22-9-11-28(12-10-22)36(34,35)32(27-16-23(2)15-24(3)17-27)21-29(33)30-19-25-7-6-8-26(18-25)20-31-13-4-5-14-31/h6-12,15-18H,4-5,13-14,19-21H2,1-3H3,(H,30,33). The second-order valence-corrected chi connectivity index (χ2v) is 11.6. The van der Waals surface area contributed by atoms with Crippen molar-refractivity contribution in [2.75, 3.05) is 23.9 Å². The van der Waals surface area contributed by atoms with E-state index in [0.717, 1.165) is 41.9 Å². The minimum absolute atomic E-state index is 0.162. The van der Waals surface area contributed by atoms with Crippen molar-refractivity contribution in [3.63, 3.8) is 0 Å². The molecule has 1 aliphatic rings. The molecule has 3 aromatic rings. The molecule has 6 nitrogen and oxygen atoms in total. The molecule has 1 aliphatic heterocycles. The van der Waals surface area contributed by atoms with E-state index < -0.39 is 10.0 Å². The number of rotatable bonds is 9. The van der Waals surface area contributed by atoms with E-state index in [2.05, 4.69) is 22.3 Å². The molecule has 0 bridgehead atoms. The van der Waals surface area contributed by atoms with Gasteiger partial charge in [0.15, 0.2) is 0 Å². The third kappa shape index (κ3) is 6.53. The van der Waals surface area contributed by atoms with Gasteiger partial charge in [-0.25, -0.2) is 8.42 Å². The van der Waals surface area contributed by atoms with Gasteiger partial charge in [-0.05, 0) is 93.2 Å². The monoisotopic (exact) mass is 505 g/mol. The van der Waals surface area contributed by atoms with Gasteiger partial charge in [0.1, 0.15) is 6.54 Å². The van der Waals surface area contributed by atoms with E-state index in [-0.39, 0.29) is 17.3 Å². The van der Waals surface area contributed by atoms with E-state index in [1.54, 1.807) is 36.4 Å². The Morgan fingerprint density at radius 2 is 1.50 bits per heavy atom. The van der Waals surface area contributed by atoms with Crippen LogP contribution in [-0.2, 0) is 27.9 Å². The highest BCUT2D eigenvalue weighted by atomic mass is 32.2. The van der Waals surface area contributed by atoms with Crippen LogP contribution in [0.1, 0.15) is 40.7 Å². The quantitative estimate of drug-likeness (QED) is 0.457. The third-order valence-electron chi connectivity index (χ3n) is 6.48. The summed E-state index contributed by atoms with van der Waals surface area (Å²) >= 11 is 0. The Kier molecular flexibility index (Phi) is 8.11. The number of benzene rings is 3. The number of anilines is 1. The summed E-state index contributed by atoms with van der Waals surface area (Å²) in [4.78, 5) is 15.6. The Morgan fingerprint density at radius 1 is 0.861 bits per heavy atom. The molecule has 3 aromatic carbocycles. The number of nitrogens with one attached hydrogen (secondary N) is 1. The maximum absolute atomic E-state index is 13.6. The molecule has 0 radical (unpaired) electrons. The van der Waals surface area contributed by atoms with Gasteiger partial charge in [-0.3, -0.25) is 14.0 Å². The zero-order valence-electron chi connectivity index (χ0n) is 21.3. The lowest BCUT2D eigenvalue weighted by Crippen LogP contribution is -2.40. The van der Waals surface area contributed by atoms with Crippen molar-refractivity contribution in [3.05, 3.63) is 94.5 Å². The first-order valence-corrected chi connectivity index (χ1v) is 13.9. The minimum Gasteiger partial charge on any atom is -0.350 e. The zero-order chi connectivity index (χ0) is 25.7. The van der Waals surface area contributed by atoms with Crippen LogP contribution in [-0.4, -0.2) is 38.9 Å². The largest absolute Gasteiger partial charge is 0.350 e. The van der Waals surface area contributed by atoms with Crippen molar-refractivity contribution in [1.29, 1.82) is 0 Å². The molecule has 0 unspecified atom stereocenters. The van der Waals surface area contributed by atoms with E-state index in [0.29, 0.717) is 12.2 Å². The first kappa shape index (κ1) is 25.9. The molecular formula is C29H35N3O3S. The molecule has 1 saturated heterocycles. The molecule has 190 valence electrons. The molecule has 1 amide bonds. The molecule has 1 fully saturated rings. The fourth-order valence-electron chi connectivity index (χ4n) is 4.67. The lowest BCUT2D eigenvalue weighted by molar-refractivity contribution is -0.119. The van der Waals surface area contributed by atoms with E-state index >= 15 is 0 Å². The van der Waals surface area contributed by atoms with Crippen molar-refractivity contribution < 1.29 is 13.2 Å². The maximum atomic E-state index is 13.6. The molecule has 1 N–H and O–H groups in total. The highest BCUT2D eigenvalue weighted by Crippen LogP contribution is 2.26. The van der Waals surface area contributed by atoms with Crippen molar-refractivity contribution in [2.45, 2.75) is 51.6 Å². The summed E-state index contributed by atoms with van der Waals surface area (Å²) in [6, 6.07) is 20.5. The number of carbonyl (C=O) groups excluding carboxylic acids is 1. The predicted molar refractivity (Wildman–Crippen MR) is 144 cm³/mol. The van der Waals surface area contributed by atoms with Crippen molar-refractivity contribution in [3.8, 4) is 0 Å². The lowest BCUT2D eigenvalue weighted by Gasteiger charge is -2.25. The Hall–Kier alpha value is -3.16. The predicted octanol–water partition coefficient (Wildman–Crippen LogP) is 4.72. The van der Waals surface area contributed by atoms with Gasteiger partial charge in [0.05, 0.1) is 10.6 Å². The fraction of sp³-hybridized carbons (Fsp3) is 0.345. The molecular weight excluding hydrogens is 470 g/mol. The number of hydrogen-bond acceptors (Lipinski definition) is 4. The second kappa shape index (κ2) is 11.3. The van der Waals surface area contributed by atoms with Crippen molar-refractivity contribution in [1.82, 2.24) is 10.2 Å². The van der Waals surface area contributed by atoms with Gasteiger partial charge < -0.3 is 5.32 Å². The maximum Gasteiger partial charge on any atom is 0.264 e. The molecule has 0 aromatic heterocycles. The molecule has 0 atom stereocenters. The van der Waals surface area contributed by atoms with Crippen LogP contribution in [0.25, 0.3) is 0 Å². The Bertz CT molecular complexity index is 1290. The topological polar surface area (TPSA) is 69.7 Å². The summed E-state index contributed by atoms with van der Waals surface area (Å²) in [7, 11) is -3.94. The first-order valence-electron chi connectivity index (χ1n) is 12.5. The van der Waals surface area contributed by atoms with Gasteiger partial charge in [-0.1, -0.05) is 48.0 Å². The summed E-state index contributed by atoms with van der Waals surface area (Å²) < 4.78 is 28.5. The van der Waals surface area contributed by atoms with Crippen LogP contribution in [0.2, 0.25) is 0 Å². The SMILES string of the molecule is Cc1ccc(S(=O)(=O)N(CC(=O)NCc2cccc(CN3CCCC3)c2)c2cc(C)cc(C)c2)cc1. The van der Waals surface area contributed by atoms with E-state index in [4.69, 9.17) is 0 Å². The number of amides is 1. The van der Waals surface area contributed by atoms with Crippen LogP contribution < -0.4 is 9.62 Å². The van der Waals surface area contributed by atoms with Crippen LogP contribution in [0, 0.1) is 20.8 Å². The molecule has 36 heavy (non-hydrogen) atoms. The van der Waals surface area contributed by atoms with Gasteiger partial charge in [-0.2, -0.15) is 0 Å². The van der Waals surface area contributed by atoms with Gasteiger partial charge in [0.25, 0.3) is 10.0 Å².